The van der Waals surface area contributed by atoms with Crippen molar-refractivity contribution in [3.63, 3.8) is 0 Å². The molecule has 0 radical (unpaired) electrons. The molecule has 1 aromatic heterocycles. The fraction of sp³-hybridized carbons (Fsp3) is 0.526. The number of aryl methyl sites for hydroxylation is 2. The van der Waals surface area contributed by atoms with E-state index < -0.39 is 17.7 Å². The number of carboxylic acids is 1. The van der Waals surface area contributed by atoms with Gasteiger partial charge in [-0.2, -0.15) is 0 Å². The van der Waals surface area contributed by atoms with Gasteiger partial charge in [-0.1, -0.05) is 54.0 Å². The number of rotatable bonds is 8. The highest BCUT2D eigenvalue weighted by Crippen LogP contribution is 2.47. The number of nitrogens with zero attached hydrogens (tertiary/aromatic N) is 3. The molecule has 1 N–H and O–H groups in total. The Bertz CT molecular complexity index is 1600. The van der Waals surface area contributed by atoms with E-state index in [-0.39, 0.29) is 16.1 Å². The van der Waals surface area contributed by atoms with Gasteiger partial charge >= 0.3 is 5.97 Å². The van der Waals surface area contributed by atoms with Crippen molar-refractivity contribution >= 4 is 27.6 Å². The van der Waals surface area contributed by atoms with Crippen molar-refractivity contribution in [3.05, 3.63) is 81.4 Å². The molecular weight excluding hydrogens is 645 g/mol. The number of hydrogen-bond donors (Lipinski definition) is 1. The highest BCUT2D eigenvalue weighted by atomic mass is 79.9. The minimum absolute atomic E-state index is 0.0486. The van der Waals surface area contributed by atoms with Gasteiger partial charge in [0.1, 0.15) is 5.82 Å². The van der Waals surface area contributed by atoms with Crippen LogP contribution >= 0.6 is 15.9 Å². The van der Waals surface area contributed by atoms with E-state index >= 15 is 0 Å². The summed E-state index contributed by atoms with van der Waals surface area (Å²) in [6.45, 7) is 20.4. The lowest BCUT2D eigenvalue weighted by molar-refractivity contribution is -0.160. The van der Waals surface area contributed by atoms with E-state index in [4.69, 9.17) is 9.72 Å². The number of pyridine rings is 1. The van der Waals surface area contributed by atoms with E-state index in [0.29, 0.717) is 11.3 Å². The Hall–Kier alpha value is -2.81. The first-order valence-electron chi connectivity index (χ1n) is 16.5. The first-order chi connectivity index (χ1) is 21.5. The van der Waals surface area contributed by atoms with E-state index in [2.05, 4.69) is 64.7 Å². The van der Waals surface area contributed by atoms with E-state index in [9.17, 15) is 14.3 Å². The Labute approximate surface area is 282 Å². The molecule has 46 heavy (non-hydrogen) atoms. The number of carboxylic acid groups (broad SMARTS) is 1. The van der Waals surface area contributed by atoms with Crippen molar-refractivity contribution in [2.24, 2.45) is 5.41 Å². The molecule has 2 aromatic carbocycles. The Morgan fingerprint density at radius 3 is 2.39 bits per heavy atom. The lowest BCUT2D eigenvalue weighted by atomic mass is 9.81. The fourth-order valence-corrected chi connectivity index (χ4v) is 7.17. The summed E-state index contributed by atoms with van der Waals surface area (Å²) in [5.41, 5.74) is 9.48. The third-order valence-corrected chi connectivity index (χ3v) is 9.91. The molecule has 2 unspecified atom stereocenters. The van der Waals surface area contributed by atoms with E-state index in [1.54, 1.807) is 12.1 Å². The van der Waals surface area contributed by atoms with Crippen LogP contribution < -0.4 is 4.90 Å². The lowest BCUT2D eigenvalue weighted by Crippen LogP contribution is -2.39. The number of fused-ring (bicyclic) bond motifs is 1. The van der Waals surface area contributed by atoms with Crippen molar-refractivity contribution in [2.75, 3.05) is 24.5 Å². The molecule has 8 heteroatoms. The molecule has 2 aliphatic rings. The van der Waals surface area contributed by atoms with Gasteiger partial charge in [-0.15, -0.1) is 0 Å². The van der Waals surface area contributed by atoms with Gasteiger partial charge in [0, 0.05) is 49.5 Å². The van der Waals surface area contributed by atoms with E-state index in [0.717, 1.165) is 85.6 Å². The summed E-state index contributed by atoms with van der Waals surface area (Å²) in [6.07, 6.45) is 1.76. The number of piperidine rings is 1. The molecule has 0 bridgehead atoms. The summed E-state index contributed by atoms with van der Waals surface area (Å²) in [5, 5.41) is 10.6. The summed E-state index contributed by atoms with van der Waals surface area (Å²) >= 11 is 3.85. The number of hydrogen-bond acceptors (Lipinski definition) is 5. The zero-order chi connectivity index (χ0) is 33.6. The fourth-order valence-electron chi connectivity index (χ4n) is 6.84. The lowest BCUT2D eigenvalue weighted by Gasteiger charge is -2.41. The average Bonchev–Trinajstić information content (AvgIpc) is 2.96. The maximum absolute atomic E-state index is 13.7. The Morgan fingerprint density at radius 2 is 1.78 bits per heavy atom. The van der Waals surface area contributed by atoms with Crippen LogP contribution in [0.5, 0.6) is 0 Å². The molecule has 1 fully saturated rings. The van der Waals surface area contributed by atoms with Crippen LogP contribution in [0.3, 0.4) is 0 Å². The van der Waals surface area contributed by atoms with Crippen LogP contribution in [0.1, 0.15) is 105 Å². The number of halogens is 2. The standard InChI is InChI=1S/C38H49BrFN3O3/c1-23-19-30(40)12-11-28(23)21-42-16-13-26-20-27(9-10-29(26)22-42)32-33(24(2)39)41-25(3)31(35(36(44)45)46-37(4,5)6)34(32)43-17-14-38(7,8)15-18-43/h9-12,19-20,24,35H,13-18,21-22H2,1-8H3,(H,44,45). The Kier molecular flexibility index (Phi) is 10.0. The van der Waals surface area contributed by atoms with Crippen LogP contribution in [-0.4, -0.2) is 46.2 Å². The predicted molar refractivity (Wildman–Crippen MR) is 187 cm³/mol. The summed E-state index contributed by atoms with van der Waals surface area (Å²) in [6, 6.07) is 11.7. The molecule has 1 saturated heterocycles. The number of aromatic nitrogens is 1. The topological polar surface area (TPSA) is 65.9 Å². The summed E-state index contributed by atoms with van der Waals surface area (Å²) in [5.74, 6) is -1.21. The maximum Gasteiger partial charge on any atom is 0.337 e. The zero-order valence-corrected chi connectivity index (χ0v) is 30.2. The predicted octanol–water partition coefficient (Wildman–Crippen LogP) is 9.09. The first-order valence-corrected chi connectivity index (χ1v) is 17.4. The van der Waals surface area contributed by atoms with Gasteiger partial charge in [0.15, 0.2) is 6.10 Å². The van der Waals surface area contributed by atoms with Crippen molar-refractivity contribution in [1.82, 2.24) is 9.88 Å². The summed E-state index contributed by atoms with van der Waals surface area (Å²) < 4.78 is 20.0. The smallest absolute Gasteiger partial charge is 0.337 e. The quantitative estimate of drug-likeness (QED) is 0.238. The first kappa shape index (κ1) is 34.5. The minimum Gasteiger partial charge on any atom is -0.479 e. The van der Waals surface area contributed by atoms with E-state index in [1.807, 2.05) is 40.7 Å². The van der Waals surface area contributed by atoms with Gasteiger partial charge in [0.2, 0.25) is 0 Å². The number of aliphatic carboxylic acids is 1. The molecule has 248 valence electrons. The van der Waals surface area contributed by atoms with Crippen LogP contribution in [0.2, 0.25) is 0 Å². The van der Waals surface area contributed by atoms with Crippen LogP contribution in [0.25, 0.3) is 11.1 Å². The normalized spacial score (nSPS) is 18.3. The minimum atomic E-state index is -1.16. The number of benzene rings is 2. The second-order valence-corrected chi connectivity index (χ2v) is 16.3. The zero-order valence-electron chi connectivity index (χ0n) is 28.6. The maximum atomic E-state index is 13.7. The largest absolute Gasteiger partial charge is 0.479 e. The molecule has 3 aromatic rings. The van der Waals surface area contributed by atoms with Gasteiger partial charge in [-0.25, -0.2) is 9.18 Å². The van der Waals surface area contributed by atoms with Gasteiger partial charge < -0.3 is 14.7 Å². The molecule has 2 aliphatic heterocycles. The van der Waals surface area contributed by atoms with Crippen LogP contribution in [0.4, 0.5) is 10.1 Å². The SMILES string of the molecule is Cc1cc(F)ccc1CN1CCc2cc(-c3c(C(C)Br)nc(C)c(C(OC(C)(C)C)C(=O)O)c3N3CCC(C)(C)CC3)ccc2C1. The molecule has 0 spiro atoms. The molecule has 2 atom stereocenters. The third kappa shape index (κ3) is 7.66. The molecule has 0 aliphatic carbocycles. The monoisotopic (exact) mass is 693 g/mol. The second kappa shape index (κ2) is 13.4. The van der Waals surface area contributed by atoms with Crippen LogP contribution in [0, 0.1) is 25.1 Å². The highest BCUT2D eigenvalue weighted by molar-refractivity contribution is 9.09. The summed E-state index contributed by atoms with van der Waals surface area (Å²) in [7, 11) is 0. The van der Waals surface area contributed by atoms with Crippen molar-refractivity contribution in [2.45, 2.75) is 104 Å². The Balaban J connectivity index is 1.62. The number of carbonyl (C=O) groups is 1. The highest BCUT2D eigenvalue weighted by Gasteiger charge is 2.37. The summed E-state index contributed by atoms with van der Waals surface area (Å²) in [4.78, 5) is 22.8. The number of anilines is 1. The molecular formula is C38H49BrFN3O3. The van der Waals surface area contributed by atoms with Crippen LogP contribution in [-0.2, 0) is 29.0 Å². The molecule has 3 heterocycles. The third-order valence-electron chi connectivity index (χ3n) is 9.48. The van der Waals surface area contributed by atoms with Gasteiger partial charge in [0.25, 0.3) is 0 Å². The van der Waals surface area contributed by atoms with Gasteiger partial charge in [-0.05, 0) is 106 Å². The van der Waals surface area contributed by atoms with Gasteiger partial charge in [-0.3, -0.25) is 9.88 Å². The van der Waals surface area contributed by atoms with Crippen molar-refractivity contribution < 1.29 is 19.0 Å². The van der Waals surface area contributed by atoms with Gasteiger partial charge in [0.05, 0.1) is 21.8 Å². The number of ether oxygens (including phenoxy) is 1. The van der Waals surface area contributed by atoms with Crippen LogP contribution in [0.15, 0.2) is 36.4 Å². The molecule has 6 nitrogen and oxygen atoms in total. The second-order valence-electron chi connectivity index (χ2n) is 15.0. The number of alkyl halides is 1. The van der Waals surface area contributed by atoms with Crippen molar-refractivity contribution in [3.8, 4) is 11.1 Å². The molecule has 0 amide bonds. The average molecular weight is 695 g/mol. The van der Waals surface area contributed by atoms with Crippen molar-refractivity contribution in [1.29, 1.82) is 0 Å². The Morgan fingerprint density at radius 1 is 1.09 bits per heavy atom. The van der Waals surface area contributed by atoms with E-state index in [1.165, 1.54) is 11.1 Å². The molecule has 5 rings (SSSR count). The molecule has 0 saturated carbocycles.